The van der Waals surface area contributed by atoms with Gasteiger partial charge in [0.1, 0.15) is 0 Å². The van der Waals surface area contributed by atoms with Crippen molar-refractivity contribution in [1.29, 1.82) is 0 Å². The van der Waals surface area contributed by atoms with E-state index in [1.54, 1.807) is 11.8 Å². The van der Waals surface area contributed by atoms with Gasteiger partial charge in [0.25, 0.3) is 0 Å². The highest BCUT2D eigenvalue weighted by Crippen LogP contribution is 2.50. The van der Waals surface area contributed by atoms with Crippen molar-refractivity contribution in [2.24, 2.45) is 5.92 Å². The number of fused-ring (bicyclic) bond motifs is 2. The van der Waals surface area contributed by atoms with Crippen molar-refractivity contribution in [2.75, 3.05) is 42.9 Å². The Bertz CT molecular complexity index is 757. The molecule has 25 heavy (non-hydrogen) atoms. The normalized spacial score (nSPS) is 12.7. The van der Waals surface area contributed by atoms with Crippen LogP contribution in [0.4, 0.5) is 22.7 Å². The average Bonchev–Trinajstić information content (AvgIpc) is 2.57. The zero-order valence-electron chi connectivity index (χ0n) is 15.7. The number of nitrogens with zero attached hydrogens (tertiary/aromatic N) is 3. The summed E-state index contributed by atoms with van der Waals surface area (Å²) in [6.45, 7) is 3.90. The molecule has 0 aliphatic carbocycles. The number of hydrogen-bond donors (Lipinski definition) is 0. The molecule has 0 saturated carbocycles. The maximum Gasteiger partial charge on any atom is 0.234 e. The van der Waals surface area contributed by atoms with Gasteiger partial charge in [-0.1, -0.05) is 25.6 Å². The van der Waals surface area contributed by atoms with Crippen molar-refractivity contribution in [3.8, 4) is 0 Å². The molecule has 0 saturated heterocycles. The van der Waals surface area contributed by atoms with E-state index >= 15 is 0 Å². The summed E-state index contributed by atoms with van der Waals surface area (Å²) < 4.78 is 0. The Morgan fingerprint density at radius 3 is 1.68 bits per heavy atom. The Morgan fingerprint density at radius 1 is 0.880 bits per heavy atom. The molecule has 0 fully saturated rings. The smallest absolute Gasteiger partial charge is 0.234 e. The highest BCUT2D eigenvalue weighted by Gasteiger charge is 2.30. The molecule has 1 aliphatic heterocycles. The van der Waals surface area contributed by atoms with Crippen molar-refractivity contribution in [1.82, 2.24) is 0 Å². The fourth-order valence-corrected chi connectivity index (χ4v) is 3.96. The van der Waals surface area contributed by atoms with Crippen molar-refractivity contribution in [3.05, 3.63) is 36.4 Å². The molecule has 132 valence electrons. The van der Waals surface area contributed by atoms with Gasteiger partial charge in [-0.25, -0.2) is 0 Å². The minimum atomic E-state index is -0.0640. The zero-order valence-corrected chi connectivity index (χ0v) is 16.5. The van der Waals surface area contributed by atoms with Gasteiger partial charge in [0.05, 0.1) is 11.4 Å². The molecule has 0 bridgehead atoms. The summed E-state index contributed by atoms with van der Waals surface area (Å²) in [5, 5.41) is 0. The van der Waals surface area contributed by atoms with E-state index in [-0.39, 0.29) is 11.8 Å². The second kappa shape index (κ2) is 6.64. The standard InChI is InChI=1S/C20H25N3OS/c1-13(2)20(24)23-16-9-7-14(21(3)4)11-18(16)25-19-12-15(22(5)6)8-10-17(19)23/h7-13H,1-6H3. The van der Waals surface area contributed by atoms with E-state index in [4.69, 9.17) is 0 Å². The predicted molar refractivity (Wildman–Crippen MR) is 108 cm³/mol. The minimum Gasteiger partial charge on any atom is -0.378 e. The Morgan fingerprint density at radius 2 is 1.32 bits per heavy atom. The summed E-state index contributed by atoms with van der Waals surface area (Å²) in [5.41, 5.74) is 4.21. The Kier molecular flexibility index (Phi) is 4.69. The second-order valence-electron chi connectivity index (χ2n) is 7.02. The number of rotatable bonds is 3. The topological polar surface area (TPSA) is 26.8 Å². The van der Waals surface area contributed by atoms with Gasteiger partial charge in [-0.05, 0) is 36.4 Å². The van der Waals surface area contributed by atoms with Gasteiger partial charge in [0, 0.05) is 55.3 Å². The highest BCUT2D eigenvalue weighted by molar-refractivity contribution is 7.99. The van der Waals surface area contributed by atoms with Crippen LogP contribution in [0, 0.1) is 5.92 Å². The van der Waals surface area contributed by atoms with Crippen molar-refractivity contribution >= 4 is 40.4 Å². The van der Waals surface area contributed by atoms with E-state index in [1.807, 2.05) is 46.9 Å². The number of hydrogen-bond acceptors (Lipinski definition) is 4. The largest absolute Gasteiger partial charge is 0.378 e. The van der Waals surface area contributed by atoms with Crippen LogP contribution in [0.15, 0.2) is 46.2 Å². The molecule has 1 aliphatic rings. The SMILES string of the molecule is CC(C)C(=O)N1c2ccc(N(C)C)cc2Sc2cc(N(C)C)ccc21. The third kappa shape index (κ3) is 3.21. The van der Waals surface area contributed by atoms with Crippen LogP contribution in [0.2, 0.25) is 0 Å². The fourth-order valence-electron chi connectivity index (χ4n) is 2.84. The van der Waals surface area contributed by atoms with Gasteiger partial charge >= 0.3 is 0 Å². The average molecular weight is 356 g/mol. The number of anilines is 4. The molecule has 2 aromatic rings. The summed E-state index contributed by atoms with van der Waals surface area (Å²) in [7, 11) is 8.13. The predicted octanol–water partition coefficient (Wildman–Crippen LogP) is 4.60. The lowest BCUT2D eigenvalue weighted by Crippen LogP contribution is -2.32. The molecule has 0 N–H and O–H groups in total. The van der Waals surface area contributed by atoms with E-state index in [9.17, 15) is 4.79 Å². The van der Waals surface area contributed by atoms with E-state index in [2.05, 4.69) is 46.2 Å². The number of amides is 1. The summed E-state index contributed by atoms with van der Waals surface area (Å²) in [4.78, 5) is 21.2. The maximum atomic E-state index is 13.0. The van der Waals surface area contributed by atoms with Crippen molar-refractivity contribution in [2.45, 2.75) is 23.6 Å². The minimum absolute atomic E-state index is 0.0640. The number of carbonyl (C=O) groups excluding carboxylic acids is 1. The first kappa shape index (κ1) is 17.7. The van der Waals surface area contributed by atoms with Gasteiger partial charge in [0.15, 0.2) is 0 Å². The molecule has 0 aromatic heterocycles. The Hall–Kier alpha value is -2.14. The molecule has 0 spiro atoms. The van der Waals surface area contributed by atoms with Crippen LogP contribution in [-0.2, 0) is 4.79 Å². The van der Waals surface area contributed by atoms with E-state index in [0.29, 0.717) is 0 Å². The van der Waals surface area contributed by atoms with E-state index in [1.165, 1.54) is 0 Å². The highest BCUT2D eigenvalue weighted by atomic mass is 32.2. The first-order valence-electron chi connectivity index (χ1n) is 8.44. The lowest BCUT2D eigenvalue weighted by atomic mass is 10.1. The summed E-state index contributed by atoms with van der Waals surface area (Å²) in [5.74, 6) is 0.0591. The second-order valence-corrected chi connectivity index (χ2v) is 8.11. The molecule has 1 heterocycles. The molecule has 0 radical (unpaired) electrons. The number of benzene rings is 2. The third-order valence-corrected chi connectivity index (χ3v) is 5.43. The molecule has 4 nitrogen and oxygen atoms in total. The molecular formula is C20H25N3OS. The van der Waals surface area contributed by atoms with Crippen LogP contribution in [-0.4, -0.2) is 34.1 Å². The summed E-state index contributed by atoms with van der Waals surface area (Å²) >= 11 is 1.73. The van der Waals surface area contributed by atoms with Crippen LogP contribution in [0.25, 0.3) is 0 Å². The molecular weight excluding hydrogens is 330 g/mol. The van der Waals surface area contributed by atoms with Crippen molar-refractivity contribution < 1.29 is 4.79 Å². The molecule has 0 unspecified atom stereocenters. The van der Waals surface area contributed by atoms with Gasteiger partial charge in [-0.3, -0.25) is 9.69 Å². The van der Waals surface area contributed by atoms with Crippen LogP contribution >= 0.6 is 11.8 Å². The van der Waals surface area contributed by atoms with Crippen molar-refractivity contribution in [3.63, 3.8) is 0 Å². The Labute approximate surface area is 154 Å². The first-order chi connectivity index (χ1) is 11.8. The zero-order chi connectivity index (χ0) is 18.3. The monoisotopic (exact) mass is 355 g/mol. The maximum absolute atomic E-state index is 13.0. The van der Waals surface area contributed by atoms with Crippen LogP contribution in [0.3, 0.4) is 0 Å². The first-order valence-corrected chi connectivity index (χ1v) is 9.26. The van der Waals surface area contributed by atoms with E-state index < -0.39 is 0 Å². The molecule has 1 amide bonds. The fraction of sp³-hybridized carbons (Fsp3) is 0.350. The lowest BCUT2D eigenvalue weighted by Gasteiger charge is -2.33. The third-order valence-electron chi connectivity index (χ3n) is 4.34. The van der Waals surface area contributed by atoms with Crippen LogP contribution < -0.4 is 14.7 Å². The molecule has 3 rings (SSSR count). The molecule has 2 aromatic carbocycles. The van der Waals surface area contributed by atoms with Gasteiger partial charge in [-0.2, -0.15) is 0 Å². The number of carbonyl (C=O) groups is 1. The van der Waals surface area contributed by atoms with Crippen LogP contribution in [0.5, 0.6) is 0 Å². The van der Waals surface area contributed by atoms with Gasteiger partial charge < -0.3 is 9.80 Å². The van der Waals surface area contributed by atoms with Gasteiger partial charge in [-0.15, -0.1) is 0 Å². The summed E-state index contributed by atoms with van der Waals surface area (Å²) in [6.07, 6.45) is 0. The molecule has 5 heteroatoms. The van der Waals surface area contributed by atoms with Gasteiger partial charge in [0.2, 0.25) is 5.91 Å². The summed E-state index contributed by atoms with van der Waals surface area (Å²) in [6, 6.07) is 12.6. The van der Waals surface area contributed by atoms with Crippen LogP contribution in [0.1, 0.15) is 13.8 Å². The quantitative estimate of drug-likeness (QED) is 0.804. The van der Waals surface area contributed by atoms with E-state index in [0.717, 1.165) is 32.5 Å². The molecule has 0 atom stereocenters. The Balaban J connectivity index is 2.17. The lowest BCUT2D eigenvalue weighted by molar-refractivity contribution is -0.120.